The molecular formula is C19H24F3N3O2. The number of nitrogens with zero attached hydrogens (tertiary/aromatic N) is 2. The number of carbonyl (C=O) groups is 2. The highest BCUT2D eigenvalue weighted by molar-refractivity contribution is 5.96. The van der Waals surface area contributed by atoms with E-state index in [9.17, 15) is 22.8 Å². The van der Waals surface area contributed by atoms with Crippen molar-refractivity contribution >= 4 is 23.2 Å². The SMILES string of the molecule is CC(=O)N1CCC(C(=O)Nc2cc(C(F)(F)F)ccc2N2CCCC2)CC1. The van der Waals surface area contributed by atoms with Crippen LogP contribution in [0.3, 0.4) is 0 Å². The third-order valence-electron chi connectivity index (χ3n) is 5.34. The van der Waals surface area contributed by atoms with Crippen molar-refractivity contribution in [1.82, 2.24) is 4.90 Å². The van der Waals surface area contributed by atoms with Gasteiger partial charge in [-0.25, -0.2) is 0 Å². The zero-order chi connectivity index (χ0) is 19.6. The Labute approximate surface area is 156 Å². The summed E-state index contributed by atoms with van der Waals surface area (Å²) in [7, 11) is 0. The fraction of sp³-hybridized carbons (Fsp3) is 0.579. The van der Waals surface area contributed by atoms with Crippen LogP contribution in [0.2, 0.25) is 0 Å². The lowest BCUT2D eigenvalue weighted by Crippen LogP contribution is -2.40. The molecule has 148 valence electrons. The van der Waals surface area contributed by atoms with Gasteiger partial charge in [-0.2, -0.15) is 13.2 Å². The second kappa shape index (κ2) is 7.78. The van der Waals surface area contributed by atoms with Crippen molar-refractivity contribution in [2.24, 2.45) is 5.92 Å². The molecule has 0 aliphatic carbocycles. The van der Waals surface area contributed by atoms with Crippen LogP contribution in [-0.2, 0) is 15.8 Å². The maximum atomic E-state index is 13.1. The molecule has 2 saturated heterocycles. The first kappa shape index (κ1) is 19.5. The molecule has 1 aromatic carbocycles. The van der Waals surface area contributed by atoms with Gasteiger partial charge < -0.3 is 15.1 Å². The summed E-state index contributed by atoms with van der Waals surface area (Å²) in [4.78, 5) is 27.8. The Morgan fingerprint density at radius 2 is 1.70 bits per heavy atom. The van der Waals surface area contributed by atoms with Crippen LogP contribution in [0.1, 0.15) is 38.2 Å². The van der Waals surface area contributed by atoms with E-state index >= 15 is 0 Å². The Balaban J connectivity index is 1.77. The molecular weight excluding hydrogens is 359 g/mol. The molecule has 1 N–H and O–H groups in total. The highest BCUT2D eigenvalue weighted by Gasteiger charge is 2.33. The van der Waals surface area contributed by atoms with Crippen molar-refractivity contribution in [2.75, 3.05) is 36.4 Å². The van der Waals surface area contributed by atoms with Crippen molar-refractivity contribution in [3.63, 3.8) is 0 Å². The van der Waals surface area contributed by atoms with Crippen molar-refractivity contribution in [2.45, 2.75) is 38.8 Å². The fourth-order valence-electron chi connectivity index (χ4n) is 3.74. The Morgan fingerprint density at radius 3 is 2.26 bits per heavy atom. The van der Waals surface area contributed by atoms with Gasteiger partial charge in [0.2, 0.25) is 11.8 Å². The molecule has 0 aromatic heterocycles. The number of hydrogen-bond donors (Lipinski definition) is 1. The predicted molar refractivity (Wildman–Crippen MR) is 96.5 cm³/mol. The van der Waals surface area contributed by atoms with Crippen molar-refractivity contribution in [1.29, 1.82) is 0 Å². The highest BCUT2D eigenvalue weighted by Crippen LogP contribution is 2.37. The van der Waals surface area contributed by atoms with Gasteiger partial charge in [0.1, 0.15) is 0 Å². The summed E-state index contributed by atoms with van der Waals surface area (Å²) in [6, 6.07) is 3.53. The number of amides is 2. The second-order valence-corrected chi connectivity index (χ2v) is 7.19. The summed E-state index contributed by atoms with van der Waals surface area (Å²) in [5.41, 5.74) is 0.0768. The fourth-order valence-corrected chi connectivity index (χ4v) is 3.74. The predicted octanol–water partition coefficient (Wildman–Crippen LogP) is 3.50. The van der Waals surface area contributed by atoms with E-state index < -0.39 is 11.7 Å². The minimum absolute atomic E-state index is 0.0249. The van der Waals surface area contributed by atoms with Gasteiger partial charge in [0, 0.05) is 39.0 Å². The van der Waals surface area contributed by atoms with Crippen molar-refractivity contribution < 1.29 is 22.8 Å². The number of nitrogens with one attached hydrogen (secondary N) is 1. The van der Waals surface area contributed by atoms with Crippen LogP contribution in [0.4, 0.5) is 24.5 Å². The molecule has 8 heteroatoms. The van der Waals surface area contributed by atoms with Gasteiger partial charge >= 0.3 is 6.18 Å². The summed E-state index contributed by atoms with van der Waals surface area (Å²) in [5.74, 6) is -0.609. The van der Waals surface area contributed by atoms with E-state index in [1.54, 1.807) is 4.90 Å². The average Bonchev–Trinajstić information content (AvgIpc) is 3.15. The number of benzene rings is 1. The summed E-state index contributed by atoms with van der Waals surface area (Å²) in [6.45, 7) is 4.02. The lowest BCUT2D eigenvalue weighted by molar-refractivity contribution is -0.137. The number of halogens is 3. The molecule has 2 aliphatic rings. The van der Waals surface area contributed by atoms with E-state index in [0.717, 1.165) is 38.1 Å². The molecule has 0 atom stereocenters. The Hall–Kier alpha value is -2.25. The molecule has 2 amide bonds. The van der Waals surface area contributed by atoms with Gasteiger partial charge in [0.25, 0.3) is 0 Å². The van der Waals surface area contributed by atoms with Gasteiger partial charge in [0.05, 0.1) is 16.9 Å². The summed E-state index contributed by atoms with van der Waals surface area (Å²) in [5, 5.41) is 2.73. The number of likely N-dealkylation sites (tertiary alicyclic amines) is 1. The molecule has 27 heavy (non-hydrogen) atoms. The number of rotatable bonds is 3. The first-order chi connectivity index (χ1) is 12.8. The third kappa shape index (κ3) is 4.54. The average molecular weight is 383 g/mol. The van der Waals surface area contributed by atoms with E-state index in [2.05, 4.69) is 5.32 Å². The number of hydrogen-bond acceptors (Lipinski definition) is 3. The maximum absolute atomic E-state index is 13.1. The lowest BCUT2D eigenvalue weighted by Gasteiger charge is -2.31. The van der Waals surface area contributed by atoms with Gasteiger partial charge in [-0.3, -0.25) is 9.59 Å². The molecule has 3 rings (SSSR count). The number of piperidine rings is 1. The third-order valence-corrected chi connectivity index (χ3v) is 5.34. The zero-order valence-electron chi connectivity index (χ0n) is 15.3. The van der Waals surface area contributed by atoms with Crippen LogP contribution in [0, 0.1) is 5.92 Å². The molecule has 0 bridgehead atoms. The first-order valence-electron chi connectivity index (χ1n) is 9.28. The largest absolute Gasteiger partial charge is 0.416 e. The second-order valence-electron chi connectivity index (χ2n) is 7.19. The Bertz CT molecular complexity index is 707. The van der Waals surface area contributed by atoms with E-state index in [0.29, 0.717) is 31.6 Å². The van der Waals surface area contributed by atoms with E-state index in [1.165, 1.54) is 13.0 Å². The van der Waals surface area contributed by atoms with Crippen LogP contribution in [0.25, 0.3) is 0 Å². The van der Waals surface area contributed by atoms with Crippen molar-refractivity contribution in [3.8, 4) is 0 Å². The molecule has 0 unspecified atom stereocenters. The normalized spacial score (nSPS) is 18.7. The van der Waals surface area contributed by atoms with Crippen LogP contribution >= 0.6 is 0 Å². The molecule has 0 saturated carbocycles. The molecule has 0 radical (unpaired) electrons. The lowest BCUT2D eigenvalue weighted by atomic mass is 9.95. The molecule has 2 heterocycles. The van der Waals surface area contributed by atoms with Gasteiger partial charge in [0.15, 0.2) is 0 Å². The van der Waals surface area contributed by atoms with E-state index in [4.69, 9.17) is 0 Å². The van der Waals surface area contributed by atoms with E-state index in [-0.39, 0.29) is 23.4 Å². The smallest absolute Gasteiger partial charge is 0.370 e. The quantitative estimate of drug-likeness (QED) is 0.869. The maximum Gasteiger partial charge on any atom is 0.416 e. The molecule has 2 aliphatic heterocycles. The number of alkyl halides is 3. The molecule has 5 nitrogen and oxygen atoms in total. The topological polar surface area (TPSA) is 52.7 Å². The molecule has 1 aromatic rings. The monoisotopic (exact) mass is 383 g/mol. The van der Waals surface area contributed by atoms with Crippen LogP contribution in [-0.4, -0.2) is 42.9 Å². The summed E-state index contributed by atoms with van der Waals surface area (Å²) < 4.78 is 39.4. The Kier molecular flexibility index (Phi) is 5.62. The zero-order valence-corrected chi connectivity index (χ0v) is 15.3. The summed E-state index contributed by atoms with van der Waals surface area (Å²) in [6.07, 6.45) is -1.46. The highest BCUT2D eigenvalue weighted by atomic mass is 19.4. The van der Waals surface area contributed by atoms with Gasteiger partial charge in [-0.15, -0.1) is 0 Å². The van der Waals surface area contributed by atoms with Crippen molar-refractivity contribution in [3.05, 3.63) is 23.8 Å². The van der Waals surface area contributed by atoms with Crippen LogP contribution in [0.15, 0.2) is 18.2 Å². The van der Waals surface area contributed by atoms with Gasteiger partial charge in [-0.1, -0.05) is 0 Å². The summed E-state index contributed by atoms with van der Waals surface area (Å²) >= 11 is 0. The van der Waals surface area contributed by atoms with Crippen LogP contribution in [0.5, 0.6) is 0 Å². The Morgan fingerprint density at radius 1 is 1.07 bits per heavy atom. The van der Waals surface area contributed by atoms with Gasteiger partial charge in [-0.05, 0) is 43.9 Å². The first-order valence-corrected chi connectivity index (χ1v) is 9.28. The molecule has 2 fully saturated rings. The molecule has 0 spiro atoms. The minimum Gasteiger partial charge on any atom is -0.370 e. The minimum atomic E-state index is -4.46. The number of anilines is 2. The van der Waals surface area contributed by atoms with Crippen LogP contribution < -0.4 is 10.2 Å². The van der Waals surface area contributed by atoms with E-state index in [1.807, 2.05) is 4.90 Å². The number of carbonyl (C=O) groups excluding carboxylic acids is 2. The standard InChI is InChI=1S/C19H24F3N3O2/c1-13(26)24-10-6-14(7-11-24)18(27)23-16-12-15(19(20,21)22)4-5-17(16)25-8-2-3-9-25/h4-5,12,14H,2-3,6-11H2,1H3,(H,23,27).